The molecule has 4 nitrogen and oxygen atoms in total. The Morgan fingerprint density at radius 3 is 2.45 bits per heavy atom. The van der Waals surface area contributed by atoms with E-state index >= 15 is 0 Å². The minimum absolute atomic E-state index is 0.0148. The number of nitrogens with zero attached hydrogens (tertiary/aromatic N) is 2. The zero-order valence-electron chi connectivity index (χ0n) is 11.1. The molecular formula is C14H17F2N3O. The second-order valence-corrected chi connectivity index (χ2v) is 5.31. The van der Waals surface area contributed by atoms with Crippen LogP contribution in [0.15, 0.2) is 18.2 Å². The third kappa shape index (κ3) is 2.90. The number of anilines is 1. The molecule has 1 aromatic rings. The van der Waals surface area contributed by atoms with E-state index in [2.05, 4.69) is 10.2 Å². The van der Waals surface area contributed by atoms with E-state index in [4.69, 9.17) is 0 Å². The molecule has 2 amide bonds. The molecule has 0 aromatic heterocycles. The molecule has 6 heteroatoms. The summed E-state index contributed by atoms with van der Waals surface area (Å²) in [6.07, 6.45) is 2.51. The predicted octanol–water partition coefficient (Wildman–Crippen LogP) is 2.28. The number of carbonyl (C=O) groups excluding carboxylic acids is 1. The van der Waals surface area contributed by atoms with Crippen molar-refractivity contribution in [1.82, 2.24) is 9.80 Å². The third-order valence-corrected chi connectivity index (χ3v) is 3.84. The Balaban J connectivity index is 1.56. The standard InChI is InChI=1S/C14H17F2N3O/c15-10-1-4-13(12(16)9-10)17-14(20)19-7-5-18(6-8-19)11-2-3-11/h1,4,9,11H,2-3,5-8H2,(H,17,20). The summed E-state index contributed by atoms with van der Waals surface area (Å²) in [5, 5.41) is 2.49. The number of hydrogen-bond donors (Lipinski definition) is 1. The highest BCUT2D eigenvalue weighted by atomic mass is 19.1. The van der Waals surface area contributed by atoms with Crippen LogP contribution in [0.1, 0.15) is 12.8 Å². The van der Waals surface area contributed by atoms with Crippen LogP contribution in [-0.2, 0) is 0 Å². The Labute approximate surface area is 116 Å². The van der Waals surface area contributed by atoms with Gasteiger partial charge in [-0.2, -0.15) is 0 Å². The number of hydrogen-bond acceptors (Lipinski definition) is 2. The van der Waals surface area contributed by atoms with Crippen LogP contribution in [-0.4, -0.2) is 48.1 Å². The van der Waals surface area contributed by atoms with Gasteiger partial charge in [-0.15, -0.1) is 0 Å². The van der Waals surface area contributed by atoms with Crippen molar-refractivity contribution in [2.24, 2.45) is 0 Å². The van der Waals surface area contributed by atoms with Crippen LogP contribution < -0.4 is 5.32 Å². The first-order valence-electron chi connectivity index (χ1n) is 6.88. The van der Waals surface area contributed by atoms with Crippen LogP contribution in [0.5, 0.6) is 0 Å². The van der Waals surface area contributed by atoms with Gasteiger partial charge in [-0.1, -0.05) is 0 Å². The summed E-state index contributed by atoms with van der Waals surface area (Å²) in [4.78, 5) is 16.1. The zero-order valence-corrected chi connectivity index (χ0v) is 11.1. The van der Waals surface area contributed by atoms with E-state index in [1.165, 1.54) is 18.9 Å². The summed E-state index contributed by atoms with van der Waals surface area (Å²) < 4.78 is 26.3. The highest BCUT2D eigenvalue weighted by Gasteiger charge is 2.32. The van der Waals surface area contributed by atoms with Crippen LogP contribution in [0.4, 0.5) is 19.3 Å². The fraction of sp³-hybridized carbons (Fsp3) is 0.500. The topological polar surface area (TPSA) is 35.6 Å². The van der Waals surface area contributed by atoms with Crippen LogP contribution >= 0.6 is 0 Å². The molecular weight excluding hydrogens is 264 g/mol. The minimum Gasteiger partial charge on any atom is -0.322 e. The molecule has 1 aliphatic carbocycles. The fourth-order valence-corrected chi connectivity index (χ4v) is 2.51. The van der Waals surface area contributed by atoms with E-state index in [0.717, 1.165) is 25.2 Å². The van der Waals surface area contributed by atoms with Crippen molar-refractivity contribution < 1.29 is 13.6 Å². The average molecular weight is 281 g/mol. The Kier molecular flexibility index (Phi) is 3.56. The van der Waals surface area contributed by atoms with Gasteiger partial charge in [0.15, 0.2) is 0 Å². The van der Waals surface area contributed by atoms with Crippen molar-refractivity contribution in [1.29, 1.82) is 0 Å². The second-order valence-electron chi connectivity index (χ2n) is 5.31. The fourth-order valence-electron chi connectivity index (χ4n) is 2.51. The lowest BCUT2D eigenvalue weighted by atomic mass is 10.3. The molecule has 1 N–H and O–H groups in total. The largest absolute Gasteiger partial charge is 0.322 e. The van der Waals surface area contributed by atoms with Gasteiger partial charge >= 0.3 is 6.03 Å². The number of piperazine rings is 1. The van der Waals surface area contributed by atoms with Gasteiger partial charge in [-0.25, -0.2) is 13.6 Å². The van der Waals surface area contributed by atoms with E-state index < -0.39 is 11.6 Å². The van der Waals surface area contributed by atoms with Crippen LogP contribution in [0.2, 0.25) is 0 Å². The molecule has 0 bridgehead atoms. The van der Waals surface area contributed by atoms with Gasteiger partial charge in [0.2, 0.25) is 0 Å². The van der Waals surface area contributed by atoms with Gasteiger partial charge in [-0.3, -0.25) is 4.90 Å². The Bertz CT molecular complexity index is 511. The molecule has 1 heterocycles. The molecule has 0 unspecified atom stereocenters. The SMILES string of the molecule is O=C(Nc1ccc(F)cc1F)N1CCN(C2CC2)CC1. The highest BCUT2D eigenvalue weighted by Crippen LogP contribution is 2.27. The smallest absolute Gasteiger partial charge is 0.322 e. The molecule has 20 heavy (non-hydrogen) atoms. The molecule has 3 rings (SSSR count). The molecule has 1 saturated carbocycles. The monoisotopic (exact) mass is 281 g/mol. The quantitative estimate of drug-likeness (QED) is 0.902. The lowest BCUT2D eigenvalue weighted by Crippen LogP contribution is -2.50. The maximum absolute atomic E-state index is 13.5. The predicted molar refractivity (Wildman–Crippen MR) is 71.5 cm³/mol. The van der Waals surface area contributed by atoms with Gasteiger partial charge in [0.25, 0.3) is 0 Å². The average Bonchev–Trinajstić information content (AvgIpc) is 3.26. The van der Waals surface area contributed by atoms with E-state index in [1.807, 2.05) is 0 Å². The van der Waals surface area contributed by atoms with Gasteiger partial charge < -0.3 is 10.2 Å². The van der Waals surface area contributed by atoms with Crippen molar-refractivity contribution in [3.63, 3.8) is 0 Å². The Hall–Kier alpha value is -1.69. The van der Waals surface area contributed by atoms with E-state index in [0.29, 0.717) is 19.1 Å². The molecule has 1 saturated heterocycles. The second kappa shape index (κ2) is 5.36. The Morgan fingerprint density at radius 2 is 1.85 bits per heavy atom. The summed E-state index contributed by atoms with van der Waals surface area (Å²) in [5.74, 6) is -1.41. The number of amides is 2. The van der Waals surface area contributed by atoms with E-state index in [-0.39, 0.29) is 11.7 Å². The lowest BCUT2D eigenvalue weighted by Gasteiger charge is -2.34. The number of nitrogens with one attached hydrogen (secondary N) is 1. The van der Waals surface area contributed by atoms with Crippen molar-refractivity contribution in [3.8, 4) is 0 Å². The number of benzene rings is 1. The summed E-state index contributed by atoms with van der Waals surface area (Å²) in [6.45, 7) is 3.02. The van der Waals surface area contributed by atoms with Crippen molar-refractivity contribution in [3.05, 3.63) is 29.8 Å². The highest BCUT2D eigenvalue weighted by molar-refractivity contribution is 5.89. The van der Waals surface area contributed by atoms with Crippen molar-refractivity contribution >= 4 is 11.7 Å². The van der Waals surface area contributed by atoms with Crippen LogP contribution in [0.25, 0.3) is 0 Å². The molecule has 0 atom stereocenters. The summed E-state index contributed by atoms with van der Waals surface area (Å²) in [6, 6.07) is 3.51. The molecule has 1 aromatic carbocycles. The van der Waals surface area contributed by atoms with Crippen LogP contribution in [0.3, 0.4) is 0 Å². The molecule has 0 spiro atoms. The van der Waals surface area contributed by atoms with E-state index in [9.17, 15) is 13.6 Å². The maximum Gasteiger partial charge on any atom is 0.322 e. The van der Waals surface area contributed by atoms with Crippen molar-refractivity contribution in [2.45, 2.75) is 18.9 Å². The van der Waals surface area contributed by atoms with Gasteiger partial charge in [-0.05, 0) is 25.0 Å². The molecule has 1 aliphatic heterocycles. The zero-order chi connectivity index (χ0) is 14.1. The number of urea groups is 1. The first kappa shape index (κ1) is 13.3. The van der Waals surface area contributed by atoms with Crippen molar-refractivity contribution in [2.75, 3.05) is 31.5 Å². The summed E-state index contributed by atoms with van der Waals surface area (Å²) in [7, 11) is 0. The maximum atomic E-state index is 13.5. The normalized spacial score (nSPS) is 20.0. The minimum atomic E-state index is -0.755. The molecule has 2 aliphatic rings. The van der Waals surface area contributed by atoms with Gasteiger partial charge in [0.1, 0.15) is 11.6 Å². The van der Waals surface area contributed by atoms with Crippen LogP contribution in [0, 0.1) is 11.6 Å². The van der Waals surface area contributed by atoms with Gasteiger partial charge in [0, 0.05) is 38.3 Å². The molecule has 2 fully saturated rings. The van der Waals surface area contributed by atoms with E-state index in [1.54, 1.807) is 4.90 Å². The summed E-state index contributed by atoms with van der Waals surface area (Å²) >= 11 is 0. The third-order valence-electron chi connectivity index (χ3n) is 3.84. The lowest BCUT2D eigenvalue weighted by molar-refractivity contribution is 0.142. The number of halogens is 2. The molecule has 108 valence electrons. The van der Waals surface area contributed by atoms with Gasteiger partial charge in [0.05, 0.1) is 5.69 Å². The molecule has 0 radical (unpaired) electrons. The Morgan fingerprint density at radius 1 is 1.15 bits per heavy atom. The first-order chi connectivity index (χ1) is 9.63. The first-order valence-corrected chi connectivity index (χ1v) is 6.88. The number of rotatable bonds is 2. The summed E-state index contributed by atoms with van der Waals surface area (Å²) in [5.41, 5.74) is 0.0148. The number of carbonyl (C=O) groups is 1.